The molecular formula is C21H22ClFN4O2S. The van der Waals surface area contributed by atoms with Gasteiger partial charge < -0.3 is 9.47 Å². The molecule has 1 aromatic heterocycles. The van der Waals surface area contributed by atoms with Crippen LogP contribution in [0.1, 0.15) is 37.7 Å². The highest BCUT2D eigenvalue weighted by Gasteiger charge is 2.14. The van der Waals surface area contributed by atoms with Crippen LogP contribution in [0.15, 0.2) is 41.5 Å². The van der Waals surface area contributed by atoms with Crippen molar-refractivity contribution in [1.82, 2.24) is 14.9 Å². The van der Waals surface area contributed by atoms with E-state index >= 15 is 0 Å². The number of aromatic amines is 1. The summed E-state index contributed by atoms with van der Waals surface area (Å²) in [7, 11) is 0. The normalized spacial score (nSPS) is 11.4. The summed E-state index contributed by atoms with van der Waals surface area (Å²) in [6, 6.07) is 9.75. The Morgan fingerprint density at radius 2 is 2.03 bits per heavy atom. The van der Waals surface area contributed by atoms with Gasteiger partial charge in [0.2, 0.25) is 4.77 Å². The molecule has 0 fully saturated rings. The molecule has 0 spiro atoms. The predicted molar refractivity (Wildman–Crippen MR) is 118 cm³/mol. The summed E-state index contributed by atoms with van der Waals surface area (Å²) in [4.78, 5) is 0. The van der Waals surface area contributed by atoms with Crippen LogP contribution in [0, 0.1) is 10.6 Å². The van der Waals surface area contributed by atoms with Crippen molar-refractivity contribution < 1.29 is 13.9 Å². The van der Waals surface area contributed by atoms with E-state index in [-0.39, 0.29) is 11.9 Å². The van der Waals surface area contributed by atoms with Gasteiger partial charge in [-0.1, -0.05) is 23.7 Å². The molecule has 3 aromatic rings. The van der Waals surface area contributed by atoms with Gasteiger partial charge in [0.05, 0.1) is 23.9 Å². The molecule has 6 nitrogen and oxygen atoms in total. The first-order chi connectivity index (χ1) is 14.4. The lowest BCUT2D eigenvalue weighted by Gasteiger charge is -2.16. The third-order valence-electron chi connectivity index (χ3n) is 4.00. The standard InChI is InChI=1S/C21H22ClFN4O2S/c1-4-28-18-10-15(9-17(22)20(18)29-13(2)3)12-24-27-19(25-26-21(27)30)11-14-5-7-16(23)8-6-14/h5-10,12-13H,4,11H2,1-3H3,(H,26,30)/b24-12-. The van der Waals surface area contributed by atoms with Gasteiger partial charge in [-0.25, -0.2) is 4.39 Å². The molecule has 9 heteroatoms. The highest BCUT2D eigenvalue weighted by Crippen LogP contribution is 2.37. The number of nitrogens with zero attached hydrogens (tertiary/aromatic N) is 3. The summed E-state index contributed by atoms with van der Waals surface area (Å²) in [5.41, 5.74) is 1.61. The fourth-order valence-corrected chi connectivity index (χ4v) is 3.20. The fourth-order valence-electron chi connectivity index (χ4n) is 2.74. The van der Waals surface area contributed by atoms with Crippen molar-refractivity contribution >= 4 is 30.0 Å². The van der Waals surface area contributed by atoms with Crippen molar-refractivity contribution in [2.24, 2.45) is 5.10 Å². The summed E-state index contributed by atoms with van der Waals surface area (Å²) < 4.78 is 26.5. The molecule has 0 atom stereocenters. The Labute approximate surface area is 184 Å². The molecule has 158 valence electrons. The van der Waals surface area contributed by atoms with Gasteiger partial charge in [0.15, 0.2) is 17.3 Å². The van der Waals surface area contributed by atoms with Crippen molar-refractivity contribution in [3.8, 4) is 11.5 Å². The summed E-state index contributed by atoms with van der Waals surface area (Å²) in [5, 5.41) is 11.8. The van der Waals surface area contributed by atoms with Gasteiger partial charge in [-0.3, -0.25) is 5.10 Å². The maximum Gasteiger partial charge on any atom is 0.216 e. The molecule has 0 saturated heterocycles. The molecular weight excluding hydrogens is 427 g/mol. The SMILES string of the molecule is CCOc1cc(/C=N\n2c(Cc3ccc(F)cc3)n[nH]c2=S)cc(Cl)c1OC(C)C. The molecule has 0 aliphatic carbocycles. The molecule has 3 rings (SSSR count). The van der Waals surface area contributed by atoms with E-state index < -0.39 is 0 Å². The van der Waals surface area contributed by atoms with Crippen LogP contribution < -0.4 is 9.47 Å². The first-order valence-corrected chi connectivity index (χ1v) is 10.2. The topological polar surface area (TPSA) is 64.4 Å². The number of halogens is 2. The zero-order valence-corrected chi connectivity index (χ0v) is 18.4. The van der Waals surface area contributed by atoms with Crippen LogP contribution >= 0.6 is 23.8 Å². The van der Waals surface area contributed by atoms with Gasteiger partial charge in [-0.05, 0) is 68.4 Å². The Kier molecular flexibility index (Phi) is 7.23. The Balaban J connectivity index is 1.89. The number of aromatic nitrogens is 3. The zero-order chi connectivity index (χ0) is 21.7. The molecule has 0 radical (unpaired) electrons. The third-order valence-corrected chi connectivity index (χ3v) is 4.55. The molecule has 0 saturated carbocycles. The average molecular weight is 449 g/mol. The minimum Gasteiger partial charge on any atom is -0.490 e. The lowest BCUT2D eigenvalue weighted by Crippen LogP contribution is -2.08. The van der Waals surface area contributed by atoms with Crippen LogP contribution in [0.4, 0.5) is 4.39 Å². The number of hydrogen-bond acceptors (Lipinski definition) is 5. The smallest absolute Gasteiger partial charge is 0.216 e. The summed E-state index contributed by atoms with van der Waals surface area (Å²) in [6.45, 7) is 6.20. The zero-order valence-electron chi connectivity index (χ0n) is 16.9. The van der Waals surface area contributed by atoms with Crippen LogP contribution in [0.2, 0.25) is 5.02 Å². The second-order valence-corrected chi connectivity index (χ2v) is 7.53. The lowest BCUT2D eigenvalue weighted by molar-refractivity contribution is 0.224. The monoisotopic (exact) mass is 448 g/mol. The summed E-state index contributed by atoms with van der Waals surface area (Å²) >= 11 is 11.7. The molecule has 0 amide bonds. The molecule has 0 aliphatic rings. The Bertz CT molecular complexity index is 1090. The van der Waals surface area contributed by atoms with Gasteiger partial charge in [0.1, 0.15) is 5.82 Å². The maximum absolute atomic E-state index is 13.1. The van der Waals surface area contributed by atoms with Crippen molar-refractivity contribution in [3.63, 3.8) is 0 Å². The Morgan fingerprint density at radius 1 is 1.30 bits per heavy atom. The first kappa shape index (κ1) is 22.0. The molecule has 1 heterocycles. The number of ether oxygens (including phenoxy) is 2. The van der Waals surface area contributed by atoms with Gasteiger partial charge in [0.25, 0.3) is 0 Å². The van der Waals surface area contributed by atoms with E-state index in [9.17, 15) is 4.39 Å². The van der Waals surface area contributed by atoms with Crippen LogP contribution in [-0.4, -0.2) is 33.8 Å². The number of benzene rings is 2. The lowest BCUT2D eigenvalue weighted by atomic mass is 10.1. The molecule has 0 aliphatic heterocycles. The van der Waals surface area contributed by atoms with E-state index in [1.165, 1.54) is 16.8 Å². The number of hydrogen-bond donors (Lipinski definition) is 1. The molecule has 0 unspecified atom stereocenters. The fraction of sp³-hybridized carbons (Fsp3) is 0.286. The molecule has 0 bridgehead atoms. The van der Waals surface area contributed by atoms with Gasteiger partial charge in [-0.15, -0.1) is 0 Å². The second kappa shape index (κ2) is 9.86. The first-order valence-electron chi connectivity index (χ1n) is 9.45. The van der Waals surface area contributed by atoms with E-state index in [1.807, 2.05) is 20.8 Å². The molecule has 30 heavy (non-hydrogen) atoms. The van der Waals surface area contributed by atoms with Crippen molar-refractivity contribution in [3.05, 3.63) is 69.0 Å². The minimum atomic E-state index is -0.289. The van der Waals surface area contributed by atoms with Gasteiger partial charge >= 0.3 is 0 Å². The number of nitrogens with one attached hydrogen (secondary N) is 1. The quantitative estimate of drug-likeness (QED) is 0.370. The summed E-state index contributed by atoms with van der Waals surface area (Å²) in [5.74, 6) is 1.35. The van der Waals surface area contributed by atoms with Crippen LogP contribution in [0.25, 0.3) is 0 Å². The predicted octanol–water partition coefficient (Wildman–Crippen LogP) is 5.39. The average Bonchev–Trinajstić information content (AvgIpc) is 3.04. The third kappa shape index (κ3) is 5.46. The van der Waals surface area contributed by atoms with Gasteiger partial charge in [0, 0.05) is 6.42 Å². The molecule has 2 aromatic carbocycles. The van der Waals surface area contributed by atoms with Crippen LogP contribution in [-0.2, 0) is 6.42 Å². The van der Waals surface area contributed by atoms with E-state index in [0.717, 1.165) is 11.1 Å². The van der Waals surface area contributed by atoms with E-state index in [1.54, 1.807) is 30.5 Å². The maximum atomic E-state index is 13.1. The van der Waals surface area contributed by atoms with Crippen LogP contribution in [0.3, 0.4) is 0 Å². The van der Waals surface area contributed by atoms with E-state index in [0.29, 0.717) is 40.1 Å². The summed E-state index contributed by atoms with van der Waals surface area (Å²) in [6.07, 6.45) is 2.02. The Hall–Kier alpha value is -2.71. The van der Waals surface area contributed by atoms with Crippen molar-refractivity contribution in [1.29, 1.82) is 0 Å². The van der Waals surface area contributed by atoms with Crippen molar-refractivity contribution in [2.75, 3.05) is 6.61 Å². The van der Waals surface area contributed by atoms with Crippen LogP contribution in [0.5, 0.6) is 11.5 Å². The van der Waals surface area contributed by atoms with E-state index in [4.69, 9.17) is 33.3 Å². The largest absolute Gasteiger partial charge is 0.490 e. The molecule has 1 N–H and O–H groups in total. The van der Waals surface area contributed by atoms with Crippen molar-refractivity contribution in [2.45, 2.75) is 33.3 Å². The van der Waals surface area contributed by atoms with E-state index in [2.05, 4.69) is 15.3 Å². The Morgan fingerprint density at radius 3 is 2.70 bits per heavy atom. The van der Waals surface area contributed by atoms with Gasteiger partial charge in [-0.2, -0.15) is 14.9 Å². The highest BCUT2D eigenvalue weighted by molar-refractivity contribution is 7.71. The number of rotatable bonds is 8. The second-order valence-electron chi connectivity index (χ2n) is 6.73. The number of H-pyrrole nitrogens is 1. The highest BCUT2D eigenvalue weighted by atomic mass is 35.5. The minimum absolute atomic E-state index is 0.0421.